The fraction of sp³-hybridized carbons (Fsp3) is 0.211. The Balaban J connectivity index is 1.87. The van der Waals surface area contributed by atoms with Crippen molar-refractivity contribution in [2.24, 2.45) is 0 Å². The number of hydrogen-bond acceptors (Lipinski definition) is 3. The second-order valence-electron chi connectivity index (χ2n) is 5.98. The second-order valence-corrected chi connectivity index (χ2v) is 5.98. The summed E-state index contributed by atoms with van der Waals surface area (Å²) < 4.78 is 12.9. The minimum absolute atomic E-state index is 0.0827. The summed E-state index contributed by atoms with van der Waals surface area (Å²) in [4.78, 5) is 25.1. The van der Waals surface area contributed by atoms with Gasteiger partial charge in [-0.25, -0.2) is 4.39 Å². The first-order valence-electron chi connectivity index (χ1n) is 8.08. The number of nitriles is 1. The molecule has 2 amide bonds. The molecule has 0 aliphatic carbocycles. The Morgan fingerprint density at radius 2 is 1.62 bits per heavy atom. The van der Waals surface area contributed by atoms with Crippen molar-refractivity contribution in [1.29, 1.82) is 5.26 Å². The molecule has 0 spiro atoms. The van der Waals surface area contributed by atoms with Gasteiger partial charge in [0.2, 0.25) is 0 Å². The standard InChI is InChI=1S/C19H19FN4O2/c1-13(19(26)23-17-7-3-14(11-21)4-8-17)24(2)12-18(25)22-16-9-5-15(20)6-10-16/h3-10,13H,12H2,1-2H3,(H,22,25)(H,23,26)/p+1/t13-/m0/s1. The summed E-state index contributed by atoms with van der Waals surface area (Å²) in [5.74, 6) is -0.882. The van der Waals surface area contributed by atoms with E-state index in [9.17, 15) is 14.0 Å². The molecular formula is C19H20FN4O2+. The maximum Gasteiger partial charge on any atom is 0.282 e. The molecule has 2 aromatic rings. The first-order valence-corrected chi connectivity index (χ1v) is 8.08. The van der Waals surface area contributed by atoms with Crippen LogP contribution in [-0.2, 0) is 9.59 Å². The lowest BCUT2D eigenvalue weighted by atomic mass is 10.2. The molecule has 0 aliphatic heterocycles. The van der Waals surface area contributed by atoms with Gasteiger partial charge in [0.1, 0.15) is 5.82 Å². The average Bonchev–Trinajstić information content (AvgIpc) is 2.63. The van der Waals surface area contributed by atoms with E-state index in [1.807, 2.05) is 6.07 Å². The van der Waals surface area contributed by atoms with Crippen molar-refractivity contribution in [3.8, 4) is 6.07 Å². The molecule has 0 saturated heterocycles. The van der Waals surface area contributed by atoms with E-state index in [4.69, 9.17) is 5.26 Å². The van der Waals surface area contributed by atoms with Crippen molar-refractivity contribution in [1.82, 2.24) is 0 Å². The number of quaternary nitrogens is 1. The van der Waals surface area contributed by atoms with E-state index in [0.717, 1.165) is 0 Å². The van der Waals surface area contributed by atoms with Gasteiger partial charge in [-0.1, -0.05) is 0 Å². The molecule has 2 atom stereocenters. The minimum Gasteiger partial charge on any atom is -0.321 e. The van der Waals surface area contributed by atoms with Crippen molar-refractivity contribution in [2.75, 3.05) is 24.2 Å². The van der Waals surface area contributed by atoms with E-state index in [2.05, 4.69) is 10.6 Å². The molecule has 26 heavy (non-hydrogen) atoms. The quantitative estimate of drug-likeness (QED) is 0.727. The highest BCUT2D eigenvalue weighted by Crippen LogP contribution is 2.09. The minimum atomic E-state index is -0.468. The molecule has 0 bridgehead atoms. The third-order valence-corrected chi connectivity index (χ3v) is 3.98. The number of anilines is 2. The van der Waals surface area contributed by atoms with Gasteiger partial charge in [-0.05, 0) is 55.5 Å². The number of nitrogens with one attached hydrogen (secondary N) is 3. The van der Waals surface area contributed by atoms with Crippen molar-refractivity contribution < 1.29 is 18.9 Å². The number of hydrogen-bond donors (Lipinski definition) is 3. The Morgan fingerprint density at radius 3 is 2.19 bits per heavy atom. The molecule has 134 valence electrons. The van der Waals surface area contributed by atoms with E-state index in [0.29, 0.717) is 21.8 Å². The number of carbonyl (C=O) groups is 2. The van der Waals surface area contributed by atoms with Gasteiger partial charge in [0.25, 0.3) is 11.8 Å². The number of nitrogens with zero attached hydrogens (tertiary/aromatic N) is 1. The van der Waals surface area contributed by atoms with Gasteiger partial charge in [-0.3, -0.25) is 9.59 Å². The third kappa shape index (κ3) is 5.40. The fourth-order valence-corrected chi connectivity index (χ4v) is 2.25. The van der Waals surface area contributed by atoms with Gasteiger partial charge >= 0.3 is 0 Å². The summed E-state index contributed by atoms with van der Waals surface area (Å²) in [7, 11) is 1.74. The maximum absolute atomic E-state index is 12.9. The van der Waals surface area contributed by atoms with Crippen molar-refractivity contribution in [3.05, 3.63) is 59.9 Å². The summed E-state index contributed by atoms with van der Waals surface area (Å²) in [5.41, 5.74) is 1.60. The molecule has 0 saturated carbocycles. The number of benzene rings is 2. The lowest BCUT2D eigenvalue weighted by Gasteiger charge is -2.20. The molecule has 6 nitrogen and oxygen atoms in total. The van der Waals surface area contributed by atoms with Crippen LogP contribution in [0.5, 0.6) is 0 Å². The molecule has 7 heteroatoms. The van der Waals surface area contributed by atoms with Gasteiger partial charge in [0.15, 0.2) is 12.6 Å². The molecule has 2 rings (SSSR count). The summed E-state index contributed by atoms with van der Waals surface area (Å²) >= 11 is 0. The second kappa shape index (κ2) is 8.74. The van der Waals surface area contributed by atoms with E-state index in [1.165, 1.54) is 24.3 Å². The van der Waals surface area contributed by atoms with E-state index in [1.54, 1.807) is 38.2 Å². The molecule has 0 radical (unpaired) electrons. The number of rotatable bonds is 6. The van der Waals surface area contributed by atoms with Crippen molar-refractivity contribution >= 4 is 23.2 Å². The highest BCUT2D eigenvalue weighted by atomic mass is 19.1. The largest absolute Gasteiger partial charge is 0.321 e. The first-order chi connectivity index (χ1) is 12.4. The summed E-state index contributed by atoms with van der Waals surface area (Å²) in [6.07, 6.45) is 0. The molecular weight excluding hydrogens is 335 g/mol. The van der Waals surface area contributed by atoms with Gasteiger partial charge in [-0.15, -0.1) is 0 Å². The van der Waals surface area contributed by atoms with Crippen LogP contribution in [-0.4, -0.2) is 31.4 Å². The zero-order valence-electron chi connectivity index (χ0n) is 14.5. The highest BCUT2D eigenvalue weighted by molar-refractivity contribution is 5.94. The number of amides is 2. The van der Waals surface area contributed by atoms with Crippen LogP contribution in [0.3, 0.4) is 0 Å². The first kappa shape index (κ1) is 19.1. The summed E-state index contributed by atoms with van der Waals surface area (Å²) in [6, 6.07) is 13.6. The lowest BCUT2D eigenvalue weighted by Crippen LogP contribution is -3.14. The predicted octanol–water partition coefficient (Wildman–Crippen LogP) is 1.18. The Labute approximate surface area is 151 Å². The van der Waals surface area contributed by atoms with Crippen LogP contribution in [0.1, 0.15) is 12.5 Å². The van der Waals surface area contributed by atoms with Gasteiger partial charge in [0.05, 0.1) is 18.7 Å². The van der Waals surface area contributed by atoms with E-state index >= 15 is 0 Å². The highest BCUT2D eigenvalue weighted by Gasteiger charge is 2.24. The molecule has 0 fully saturated rings. The van der Waals surface area contributed by atoms with Crippen LogP contribution in [0.15, 0.2) is 48.5 Å². The summed E-state index contributed by atoms with van der Waals surface area (Å²) in [6.45, 7) is 1.80. The number of carbonyl (C=O) groups excluding carboxylic acids is 2. The average molecular weight is 355 g/mol. The summed E-state index contributed by atoms with van der Waals surface area (Å²) in [5, 5.41) is 14.2. The Morgan fingerprint density at radius 1 is 1.08 bits per heavy atom. The van der Waals surface area contributed by atoms with Crippen LogP contribution in [0.4, 0.5) is 15.8 Å². The Kier molecular flexibility index (Phi) is 6.42. The van der Waals surface area contributed by atoms with E-state index in [-0.39, 0.29) is 24.2 Å². The zero-order chi connectivity index (χ0) is 19.1. The molecule has 0 aliphatic rings. The SMILES string of the molecule is C[C@@H](C(=O)Nc1ccc(C#N)cc1)[NH+](C)CC(=O)Nc1ccc(F)cc1. The van der Waals surface area contributed by atoms with Crippen LogP contribution < -0.4 is 15.5 Å². The molecule has 3 N–H and O–H groups in total. The smallest absolute Gasteiger partial charge is 0.282 e. The van der Waals surface area contributed by atoms with Gasteiger partial charge < -0.3 is 15.5 Å². The normalized spacial score (nSPS) is 12.5. The maximum atomic E-state index is 12.9. The molecule has 0 aromatic heterocycles. The van der Waals surface area contributed by atoms with Crippen LogP contribution in [0.25, 0.3) is 0 Å². The molecule has 0 heterocycles. The monoisotopic (exact) mass is 355 g/mol. The molecule has 2 aromatic carbocycles. The van der Waals surface area contributed by atoms with Crippen LogP contribution >= 0.6 is 0 Å². The lowest BCUT2D eigenvalue weighted by molar-refractivity contribution is -0.885. The van der Waals surface area contributed by atoms with E-state index < -0.39 is 6.04 Å². The number of halogens is 1. The third-order valence-electron chi connectivity index (χ3n) is 3.98. The fourth-order valence-electron chi connectivity index (χ4n) is 2.25. The van der Waals surface area contributed by atoms with Crippen molar-refractivity contribution in [2.45, 2.75) is 13.0 Å². The van der Waals surface area contributed by atoms with Crippen molar-refractivity contribution in [3.63, 3.8) is 0 Å². The van der Waals surface area contributed by atoms with Crippen LogP contribution in [0, 0.1) is 17.1 Å². The van der Waals surface area contributed by atoms with Crippen LogP contribution in [0.2, 0.25) is 0 Å². The molecule has 1 unspecified atom stereocenters. The Hall–Kier alpha value is -3.24. The number of likely N-dealkylation sites (N-methyl/N-ethyl adjacent to an activating group) is 1. The van der Waals surface area contributed by atoms with Gasteiger partial charge in [-0.2, -0.15) is 5.26 Å². The van der Waals surface area contributed by atoms with Gasteiger partial charge in [0, 0.05) is 11.4 Å². The zero-order valence-corrected chi connectivity index (χ0v) is 14.5. The predicted molar refractivity (Wildman–Crippen MR) is 96.0 cm³/mol. The topological polar surface area (TPSA) is 86.4 Å². The Bertz CT molecular complexity index is 813.